The summed E-state index contributed by atoms with van der Waals surface area (Å²) in [6.45, 7) is 0. The van der Waals surface area contributed by atoms with E-state index in [-0.39, 0.29) is 12.4 Å². The normalized spacial score (nSPS) is 9.73. The quantitative estimate of drug-likeness (QED) is 0.760. The number of hydrogen-bond donors (Lipinski definition) is 0. The van der Waals surface area contributed by atoms with Crippen molar-refractivity contribution >= 4 is 24.0 Å². The van der Waals surface area contributed by atoms with Crippen molar-refractivity contribution in [2.45, 2.75) is 5.88 Å². The number of rotatable bonds is 2. The van der Waals surface area contributed by atoms with Gasteiger partial charge in [0, 0.05) is 37.1 Å². The molecule has 2 rings (SSSR count). The van der Waals surface area contributed by atoms with Crippen LogP contribution in [0.3, 0.4) is 0 Å². The highest BCUT2D eigenvalue weighted by atomic mass is 35.5. The monoisotopic (exact) mass is 243 g/mol. The summed E-state index contributed by atoms with van der Waals surface area (Å²) in [5.74, 6) is 0.480. The van der Waals surface area contributed by atoms with Gasteiger partial charge >= 0.3 is 0 Å². The highest BCUT2D eigenvalue weighted by molar-refractivity contribution is 6.17. The van der Waals surface area contributed by atoms with Crippen molar-refractivity contribution in [3.05, 3.63) is 36.3 Å². The lowest BCUT2D eigenvalue weighted by molar-refractivity contribution is 0.770. The number of aryl methyl sites for hydroxylation is 1. The van der Waals surface area contributed by atoms with Crippen molar-refractivity contribution in [3.63, 3.8) is 0 Å². The number of aromatic nitrogens is 3. The number of pyridine rings is 1. The van der Waals surface area contributed by atoms with E-state index < -0.39 is 0 Å². The molecule has 3 nitrogen and oxygen atoms in total. The van der Waals surface area contributed by atoms with Gasteiger partial charge in [-0.1, -0.05) is 0 Å². The fourth-order valence-corrected chi connectivity index (χ4v) is 1.42. The van der Waals surface area contributed by atoms with Crippen LogP contribution in [0.2, 0.25) is 0 Å². The Bertz CT molecular complexity index is 440. The van der Waals surface area contributed by atoms with E-state index in [1.165, 1.54) is 0 Å². The molecule has 0 fully saturated rings. The summed E-state index contributed by atoms with van der Waals surface area (Å²) in [5, 5.41) is 4.29. The zero-order valence-electron chi connectivity index (χ0n) is 8.22. The smallest absolute Gasteiger partial charge is 0.0938 e. The van der Waals surface area contributed by atoms with Crippen LogP contribution in [0.15, 0.2) is 30.7 Å². The summed E-state index contributed by atoms with van der Waals surface area (Å²) < 4.78 is 1.77. The maximum absolute atomic E-state index is 5.73. The van der Waals surface area contributed by atoms with Crippen molar-refractivity contribution in [1.82, 2.24) is 14.8 Å². The van der Waals surface area contributed by atoms with Gasteiger partial charge < -0.3 is 0 Å². The summed E-state index contributed by atoms with van der Waals surface area (Å²) >= 11 is 5.73. The highest BCUT2D eigenvalue weighted by Crippen LogP contribution is 2.17. The van der Waals surface area contributed by atoms with E-state index in [1.54, 1.807) is 17.1 Å². The Kier molecular flexibility index (Phi) is 4.12. The number of nitrogens with zero attached hydrogens (tertiary/aromatic N) is 3. The minimum absolute atomic E-state index is 0. The van der Waals surface area contributed by atoms with Gasteiger partial charge in [0.15, 0.2) is 0 Å². The van der Waals surface area contributed by atoms with Crippen molar-refractivity contribution in [1.29, 1.82) is 0 Å². The summed E-state index contributed by atoms with van der Waals surface area (Å²) in [5.41, 5.74) is 2.94. The number of hydrogen-bond acceptors (Lipinski definition) is 2. The van der Waals surface area contributed by atoms with Gasteiger partial charge in [-0.2, -0.15) is 5.10 Å². The first-order valence-corrected chi connectivity index (χ1v) is 4.83. The molecule has 0 saturated heterocycles. The van der Waals surface area contributed by atoms with Gasteiger partial charge in [-0.3, -0.25) is 9.67 Å². The fraction of sp³-hybridized carbons (Fsp3) is 0.200. The van der Waals surface area contributed by atoms with Crippen LogP contribution in [-0.4, -0.2) is 14.8 Å². The van der Waals surface area contributed by atoms with Crippen LogP contribution in [0.5, 0.6) is 0 Å². The van der Waals surface area contributed by atoms with E-state index in [9.17, 15) is 0 Å². The van der Waals surface area contributed by atoms with Gasteiger partial charge in [0.25, 0.3) is 0 Å². The standard InChI is InChI=1S/C10H10ClN3.ClH/c1-14-3-2-10(13-14)9-4-8(5-11)6-12-7-9;/h2-4,6-7H,5H2,1H3;1H. The molecule has 0 radical (unpaired) electrons. The molecule has 0 aliphatic rings. The Morgan fingerprint density at radius 2 is 2.20 bits per heavy atom. The molecule has 0 spiro atoms. The lowest BCUT2D eigenvalue weighted by Gasteiger charge is -1.98. The van der Waals surface area contributed by atoms with Crippen LogP contribution in [0.4, 0.5) is 0 Å². The molecule has 0 aliphatic heterocycles. The van der Waals surface area contributed by atoms with Crippen LogP contribution in [0, 0.1) is 0 Å². The SMILES string of the molecule is Cl.Cn1ccc(-c2cncc(CCl)c2)n1. The molecule has 5 heteroatoms. The third-order valence-corrected chi connectivity index (χ3v) is 2.27. The lowest BCUT2D eigenvalue weighted by Crippen LogP contribution is -1.89. The van der Waals surface area contributed by atoms with Gasteiger partial charge in [0.1, 0.15) is 0 Å². The third-order valence-electron chi connectivity index (χ3n) is 1.96. The molecule has 2 aromatic heterocycles. The van der Waals surface area contributed by atoms with Gasteiger partial charge in [0.05, 0.1) is 5.69 Å². The molecule has 0 bridgehead atoms. The Hall–Kier alpha value is -1.06. The Labute approximate surface area is 99.5 Å². The van der Waals surface area contributed by atoms with E-state index in [2.05, 4.69) is 10.1 Å². The molecule has 0 aromatic carbocycles. The van der Waals surface area contributed by atoms with E-state index in [1.807, 2.05) is 25.4 Å². The molecule has 0 saturated carbocycles. The minimum atomic E-state index is 0. The van der Waals surface area contributed by atoms with E-state index in [0.717, 1.165) is 16.8 Å². The molecule has 2 heterocycles. The summed E-state index contributed by atoms with van der Waals surface area (Å²) in [6, 6.07) is 3.96. The van der Waals surface area contributed by atoms with Crippen molar-refractivity contribution in [2.24, 2.45) is 7.05 Å². The lowest BCUT2D eigenvalue weighted by atomic mass is 10.2. The molecule has 0 unspecified atom stereocenters. The minimum Gasteiger partial charge on any atom is -0.275 e. The molecule has 0 N–H and O–H groups in total. The maximum atomic E-state index is 5.73. The molecule has 0 aliphatic carbocycles. The second-order valence-corrected chi connectivity index (χ2v) is 3.36. The summed E-state index contributed by atoms with van der Waals surface area (Å²) in [4.78, 5) is 4.11. The zero-order valence-corrected chi connectivity index (χ0v) is 9.79. The first kappa shape index (κ1) is 12.0. The first-order chi connectivity index (χ1) is 6.79. The Morgan fingerprint density at radius 3 is 2.80 bits per heavy atom. The predicted octanol–water partition coefficient (Wildman–Crippen LogP) is 2.64. The van der Waals surface area contributed by atoms with Crippen LogP contribution < -0.4 is 0 Å². The predicted molar refractivity (Wildman–Crippen MR) is 63.2 cm³/mol. The fourth-order valence-electron chi connectivity index (χ4n) is 1.27. The van der Waals surface area contributed by atoms with E-state index in [0.29, 0.717) is 5.88 Å². The average Bonchev–Trinajstić information content (AvgIpc) is 2.65. The first-order valence-electron chi connectivity index (χ1n) is 4.29. The zero-order chi connectivity index (χ0) is 9.97. The van der Waals surface area contributed by atoms with Crippen molar-refractivity contribution in [2.75, 3.05) is 0 Å². The van der Waals surface area contributed by atoms with Crippen molar-refractivity contribution < 1.29 is 0 Å². The van der Waals surface area contributed by atoms with Crippen LogP contribution in [-0.2, 0) is 12.9 Å². The second kappa shape index (κ2) is 5.14. The molecule has 15 heavy (non-hydrogen) atoms. The molecule has 0 atom stereocenters. The molecular formula is C10H11Cl2N3. The average molecular weight is 244 g/mol. The molecular weight excluding hydrogens is 233 g/mol. The number of halogens is 2. The number of alkyl halides is 1. The largest absolute Gasteiger partial charge is 0.275 e. The van der Waals surface area contributed by atoms with Crippen molar-refractivity contribution in [3.8, 4) is 11.3 Å². The highest BCUT2D eigenvalue weighted by Gasteiger charge is 2.01. The Morgan fingerprint density at radius 1 is 1.40 bits per heavy atom. The summed E-state index contributed by atoms with van der Waals surface area (Å²) in [7, 11) is 1.89. The molecule has 2 aromatic rings. The van der Waals surface area contributed by atoms with Crippen LogP contribution in [0.25, 0.3) is 11.3 Å². The third kappa shape index (κ3) is 2.70. The van der Waals surface area contributed by atoms with Gasteiger partial charge in [-0.05, 0) is 17.7 Å². The topological polar surface area (TPSA) is 30.7 Å². The van der Waals surface area contributed by atoms with Crippen LogP contribution in [0.1, 0.15) is 5.56 Å². The van der Waals surface area contributed by atoms with Gasteiger partial charge in [0.2, 0.25) is 0 Å². The summed E-state index contributed by atoms with van der Waals surface area (Å²) in [6.07, 6.45) is 5.46. The molecule has 0 amide bonds. The Balaban J connectivity index is 0.00000112. The maximum Gasteiger partial charge on any atom is 0.0938 e. The van der Waals surface area contributed by atoms with Gasteiger partial charge in [-0.15, -0.1) is 24.0 Å². The van der Waals surface area contributed by atoms with Gasteiger partial charge in [-0.25, -0.2) is 0 Å². The van der Waals surface area contributed by atoms with E-state index in [4.69, 9.17) is 11.6 Å². The van der Waals surface area contributed by atoms with E-state index >= 15 is 0 Å². The van der Waals surface area contributed by atoms with Crippen LogP contribution >= 0.6 is 24.0 Å². The second-order valence-electron chi connectivity index (χ2n) is 3.09. The molecule has 80 valence electrons.